The van der Waals surface area contributed by atoms with Crippen molar-refractivity contribution >= 4 is 25.7 Å². The van der Waals surface area contributed by atoms with Crippen molar-refractivity contribution in [2.24, 2.45) is 5.73 Å². The number of nitrogens with two attached hydrogens (primary N) is 1. The minimum atomic E-state index is -4.72. The van der Waals surface area contributed by atoms with Crippen LogP contribution in [0.1, 0.15) is 155 Å². The molecule has 0 fully saturated rings. The summed E-state index contributed by atoms with van der Waals surface area (Å²) in [5.41, 5.74) is 5.31. The third-order valence-corrected chi connectivity index (χ3v) is 9.00. The largest absolute Gasteiger partial charge is 0.480 e. The van der Waals surface area contributed by atoms with Gasteiger partial charge in [-0.15, -0.1) is 0 Å². The predicted molar refractivity (Wildman–Crippen MR) is 208 cm³/mol. The Morgan fingerprint density at radius 3 is 1.65 bits per heavy atom. The molecule has 0 aromatic carbocycles. The van der Waals surface area contributed by atoms with Gasteiger partial charge in [-0.3, -0.25) is 23.4 Å². The molecule has 300 valence electrons. The molecular weight excluding hydrogens is 685 g/mol. The maximum Gasteiger partial charge on any atom is 0.472 e. The first-order valence-electron chi connectivity index (χ1n) is 19.7. The van der Waals surface area contributed by atoms with E-state index in [1.807, 2.05) is 6.08 Å². The lowest BCUT2D eigenvalue weighted by Gasteiger charge is -2.20. The molecule has 1 unspecified atom stereocenters. The average Bonchev–Trinajstić information content (AvgIpc) is 3.12. The normalized spacial score (nSPS) is 14.4. The molecule has 0 radical (unpaired) electrons. The highest BCUT2D eigenvalue weighted by atomic mass is 31.2. The summed E-state index contributed by atoms with van der Waals surface area (Å²) in [5.74, 6) is -2.46. The van der Waals surface area contributed by atoms with Crippen LogP contribution >= 0.6 is 7.82 Å². The standard InChI is InChI=1S/C40H70NO10P/c1-3-5-7-9-11-13-15-16-17-18-19-20-22-23-25-27-29-31-38(42)48-33-36(34-49-52(46,47)50-35-37(41)40(44)45)51-39(43)32-30-28-26-24-21-14-12-10-8-6-4-2/h10,12,16-17,19-20,23,25,36-37H,3-9,11,13-15,18,21-22,24,26-35,41H2,1-2H3,(H,44,45)(H,46,47)/b12-10-,17-16-,20-19-,25-23-/t36-,37+/m1/s1. The summed E-state index contributed by atoms with van der Waals surface area (Å²) in [4.78, 5) is 45.7. The lowest BCUT2D eigenvalue weighted by atomic mass is 10.1. The number of esters is 2. The molecule has 0 heterocycles. The van der Waals surface area contributed by atoms with Gasteiger partial charge in [-0.2, -0.15) is 0 Å². The van der Waals surface area contributed by atoms with Crippen molar-refractivity contribution in [1.82, 2.24) is 0 Å². The number of hydrogen-bond acceptors (Lipinski definition) is 9. The monoisotopic (exact) mass is 755 g/mol. The number of aliphatic carboxylic acids is 1. The van der Waals surface area contributed by atoms with E-state index in [1.54, 1.807) is 0 Å². The SMILES string of the molecule is CCCC/C=C\CCCCCCCC(=O)O[C@H](COC(=O)CCC/C=C\C/C=C\C/C=C\CCCCCCCC)COP(=O)(O)OC[C@H](N)C(=O)O. The number of phosphoric acid groups is 1. The molecule has 4 N–H and O–H groups in total. The number of rotatable bonds is 36. The number of carboxylic acids is 1. The van der Waals surface area contributed by atoms with E-state index >= 15 is 0 Å². The first kappa shape index (κ1) is 49.4. The van der Waals surface area contributed by atoms with Crippen molar-refractivity contribution in [3.05, 3.63) is 48.6 Å². The number of allylic oxidation sites excluding steroid dienone is 8. The number of ether oxygens (including phenoxy) is 2. The van der Waals surface area contributed by atoms with Crippen molar-refractivity contribution in [3.63, 3.8) is 0 Å². The molecule has 0 spiro atoms. The maximum atomic E-state index is 12.5. The Bertz CT molecular complexity index is 1070. The number of unbranched alkanes of at least 4 members (excludes halogenated alkanes) is 14. The maximum absolute atomic E-state index is 12.5. The van der Waals surface area contributed by atoms with Crippen LogP contribution in [-0.2, 0) is 37.5 Å². The van der Waals surface area contributed by atoms with Crippen LogP contribution < -0.4 is 5.73 Å². The Morgan fingerprint density at radius 2 is 1.06 bits per heavy atom. The van der Waals surface area contributed by atoms with E-state index in [4.69, 9.17) is 24.8 Å². The summed E-state index contributed by atoms with van der Waals surface area (Å²) in [5, 5.41) is 8.86. The molecule has 0 saturated heterocycles. The van der Waals surface area contributed by atoms with Crippen LogP contribution in [-0.4, -0.2) is 59.9 Å². The van der Waals surface area contributed by atoms with Gasteiger partial charge >= 0.3 is 25.7 Å². The fourth-order valence-corrected chi connectivity index (χ4v) is 5.66. The van der Waals surface area contributed by atoms with Crippen LogP contribution in [0.5, 0.6) is 0 Å². The number of carbonyl (C=O) groups excluding carboxylic acids is 2. The Labute approximate surface area is 314 Å². The summed E-state index contributed by atoms with van der Waals surface area (Å²) < 4.78 is 32.5. The number of phosphoric ester groups is 1. The van der Waals surface area contributed by atoms with Gasteiger partial charge in [-0.05, 0) is 64.2 Å². The first-order chi connectivity index (χ1) is 25.1. The van der Waals surface area contributed by atoms with Gasteiger partial charge in [0.2, 0.25) is 0 Å². The van der Waals surface area contributed by atoms with Gasteiger partial charge in [-0.25, -0.2) is 4.57 Å². The second-order valence-electron chi connectivity index (χ2n) is 13.1. The summed E-state index contributed by atoms with van der Waals surface area (Å²) in [6.45, 7) is 2.67. The third-order valence-electron chi connectivity index (χ3n) is 8.05. The lowest BCUT2D eigenvalue weighted by Crippen LogP contribution is -2.34. The molecule has 0 aromatic heterocycles. The second-order valence-corrected chi connectivity index (χ2v) is 14.5. The van der Waals surface area contributed by atoms with E-state index in [0.717, 1.165) is 57.8 Å². The second kappa shape index (κ2) is 35.5. The molecule has 3 atom stereocenters. The Morgan fingerprint density at radius 1 is 0.596 bits per heavy atom. The first-order valence-corrected chi connectivity index (χ1v) is 21.2. The molecule has 12 heteroatoms. The van der Waals surface area contributed by atoms with Gasteiger partial charge in [0.25, 0.3) is 0 Å². The summed E-state index contributed by atoms with van der Waals surface area (Å²) in [6, 6.07) is -1.53. The number of hydrogen-bond donors (Lipinski definition) is 3. The van der Waals surface area contributed by atoms with Gasteiger partial charge < -0.3 is 25.2 Å². The smallest absolute Gasteiger partial charge is 0.472 e. The fourth-order valence-electron chi connectivity index (χ4n) is 4.88. The average molecular weight is 756 g/mol. The predicted octanol–water partition coefficient (Wildman–Crippen LogP) is 9.83. The molecule has 0 bridgehead atoms. The topological polar surface area (TPSA) is 172 Å². The van der Waals surface area contributed by atoms with Crippen molar-refractivity contribution < 1.29 is 47.5 Å². The van der Waals surface area contributed by atoms with Crippen molar-refractivity contribution in [1.29, 1.82) is 0 Å². The third kappa shape index (κ3) is 34.5. The molecule has 0 aliphatic heterocycles. The summed E-state index contributed by atoms with van der Waals surface area (Å²) in [6.07, 6.45) is 37.7. The van der Waals surface area contributed by atoms with E-state index in [0.29, 0.717) is 19.3 Å². The van der Waals surface area contributed by atoms with Gasteiger partial charge in [-0.1, -0.05) is 127 Å². The number of carbonyl (C=O) groups is 3. The van der Waals surface area contributed by atoms with Crippen LogP contribution in [0.4, 0.5) is 0 Å². The lowest BCUT2D eigenvalue weighted by molar-refractivity contribution is -0.161. The molecule has 0 rings (SSSR count). The molecular formula is C40H70NO10P. The fraction of sp³-hybridized carbons (Fsp3) is 0.725. The Kier molecular flexibility index (Phi) is 33.7. The highest BCUT2D eigenvalue weighted by Crippen LogP contribution is 2.43. The minimum Gasteiger partial charge on any atom is -0.480 e. The Balaban J connectivity index is 4.50. The summed E-state index contributed by atoms with van der Waals surface area (Å²) in [7, 11) is -4.72. The van der Waals surface area contributed by atoms with E-state index in [2.05, 4.69) is 60.9 Å². The molecule has 0 amide bonds. The molecule has 0 aliphatic rings. The van der Waals surface area contributed by atoms with E-state index in [9.17, 15) is 23.8 Å². The van der Waals surface area contributed by atoms with Crippen LogP contribution in [0.25, 0.3) is 0 Å². The van der Waals surface area contributed by atoms with Crippen molar-refractivity contribution in [3.8, 4) is 0 Å². The molecule has 0 saturated carbocycles. The van der Waals surface area contributed by atoms with Crippen LogP contribution in [0.3, 0.4) is 0 Å². The van der Waals surface area contributed by atoms with E-state index in [-0.39, 0.29) is 19.4 Å². The van der Waals surface area contributed by atoms with Crippen molar-refractivity contribution in [2.45, 2.75) is 167 Å². The van der Waals surface area contributed by atoms with Gasteiger partial charge in [0.05, 0.1) is 13.2 Å². The summed E-state index contributed by atoms with van der Waals surface area (Å²) >= 11 is 0. The van der Waals surface area contributed by atoms with Gasteiger partial charge in [0, 0.05) is 12.8 Å². The van der Waals surface area contributed by atoms with Crippen molar-refractivity contribution in [2.75, 3.05) is 19.8 Å². The molecule has 11 nitrogen and oxygen atoms in total. The van der Waals surface area contributed by atoms with Crippen LogP contribution in [0.2, 0.25) is 0 Å². The zero-order valence-electron chi connectivity index (χ0n) is 32.1. The highest BCUT2D eigenvalue weighted by molar-refractivity contribution is 7.47. The van der Waals surface area contributed by atoms with Crippen LogP contribution in [0.15, 0.2) is 48.6 Å². The minimum absolute atomic E-state index is 0.138. The Hall–Kier alpha value is -2.56. The molecule has 0 aromatic rings. The highest BCUT2D eigenvalue weighted by Gasteiger charge is 2.28. The molecule has 0 aliphatic carbocycles. The number of carboxylic acid groups (broad SMARTS) is 1. The van der Waals surface area contributed by atoms with E-state index in [1.165, 1.54) is 51.4 Å². The zero-order chi connectivity index (χ0) is 38.5. The zero-order valence-corrected chi connectivity index (χ0v) is 33.0. The van der Waals surface area contributed by atoms with Gasteiger partial charge in [0.15, 0.2) is 6.10 Å². The van der Waals surface area contributed by atoms with Crippen LogP contribution in [0, 0.1) is 0 Å². The van der Waals surface area contributed by atoms with E-state index < -0.39 is 51.1 Å². The molecule has 52 heavy (non-hydrogen) atoms. The van der Waals surface area contributed by atoms with Gasteiger partial charge in [0.1, 0.15) is 12.6 Å². The quantitative estimate of drug-likeness (QED) is 0.0241.